The zero-order valence-electron chi connectivity index (χ0n) is 15.6. The predicted octanol–water partition coefficient (Wildman–Crippen LogP) is 3.87. The molecular weight excluding hydrogens is 362 g/mol. The van der Waals surface area contributed by atoms with Crippen molar-refractivity contribution in [2.24, 2.45) is 5.73 Å². The first-order valence-electron chi connectivity index (χ1n) is 9.49. The molecule has 1 aliphatic rings. The molecule has 0 aliphatic carbocycles. The fourth-order valence-corrected chi connectivity index (χ4v) is 4.29. The van der Waals surface area contributed by atoms with Gasteiger partial charge in [-0.15, -0.1) is 0 Å². The molecule has 3 N–H and O–H groups in total. The van der Waals surface area contributed by atoms with Crippen LogP contribution in [0.1, 0.15) is 27.5 Å². The van der Waals surface area contributed by atoms with Gasteiger partial charge < -0.3 is 15.6 Å². The van der Waals surface area contributed by atoms with E-state index >= 15 is 0 Å². The van der Waals surface area contributed by atoms with Gasteiger partial charge in [-0.3, -0.25) is 9.59 Å². The molecule has 5 rings (SSSR count). The fourth-order valence-electron chi connectivity index (χ4n) is 4.29. The van der Waals surface area contributed by atoms with Crippen molar-refractivity contribution in [2.45, 2.75) is 6.04 Å². The largest absolute Gasteiger partial charge is 0.368 e. The zero-order chi connectivity index (χ0) is 20.0. The molecule has 3 aromatic carbocycles. The molecule has 0 bridgehead atoms. The smallest absolute Gasteiger partial charge is 0.255 e. The Labute approximate surface area is 167 Å². The van der Waals surface area contributed by atoms with E-state index in [1.54, 1.807) is 4.90 Å². The number of benzene rings is 3. The summed E-state index contributed by atoms with van der Waals surface area (Å²) in [6.07, 6.45) is 0. The number of aromatic amines is 1. The number of aromatic nitrogens is 1. The second-order valence-electron chi connectivity index (χ2n) is 7.21. The fraction of sp³-hybridized carbons (Fsp3) is 0.0833. The van der Waals surface area contributed by atoms with Crippen molar-refractivity contribution in [2.75, 3.05) is 6.54 Å². The molecule has 2 amide bonds. The van der Waals surface area contributed by atoms with Crippen LogP contribution in [0.15, 0.2) is 78.9 Å². The first-order chi connectivity index (χ1) is 14.1. The summed E-state index contributed by atoms with van der Waals surface area (Å²) in [5, 5.41) is 1.02. The minimum Gasteiger partial charge on any atom is -0.368 e. The number of hydrogen-bond donors (Lipinski definition) is 2. The Hall–Kier alpha value is -3.86. The molecule has 0 spiro atoms. The Bertz CT molecular complexity index is 1240. The Morgan fingerprint density at radius 3 is 2.41 bits per heavy atom. The van der Waals surface area contributed by atoms with Crippen LogP contribution in [0.4, 0.5) is 0 Å². The summed E-state index contributed by atoms with van der Waals surface area (Å²) in [6.45, 7) is -0.133. The molecule has 2 heterocycles. The average molecular weight is 381 g/mol. The molecule has 1 atom stereocenters. The quantitative estimate of drug-likeness (QED) is 0.563. The van der Waals surface area contributed by atoms with Gasteiger partial charge in [-0.2, -0.15) is 0 Å². The van der Waals surface area contributed by atoms with Crippen molar-refractivity contribution in [1.29, 1.82) is 0 Å². The molecule has 1 aliphatic heterocycles. The van der Waals surface area contributed by atoms with Crippen molar-refractivity contribution in [3.05, 3.63) is 95.6 Å². The maximum absolute atomic E-state index is 13.1. The summed E-state index contributed by atoms with van der Waals surface area (Å²) in [5.41, 5.74) is 10.9. The van der Waals surface area contributed by atoms with Crippen LogP contribution in [-0.2, 0) is 4.79 Å². The standard InChI is InChI=1S/C24H19N3O2/c25-20(28)14-27-23(16-10-4-5-11-17(16)24(27)29)21-18-12-6-7-13-19(18)26-22(21)15-8-2-1-3-9-15/h1-13,23,26H,14H2,(H2,25,28). The summed E-state index contributed by atoms with van der Waals surface area (Å²) < 4.78 is 0. The zero-order valence-corrected chi connectivity index (χ0v) is 15.6. The average Bonchev–Trinajstić information content (AvgIpc) is 3.24. The van der Waals surface area contributed by atoms with Crippen molar-refractivity contribution in [3.63, 3.8) is 0 Å². The molecule has 0 radical (unpaired) electrons. The number of primary amides is 1. The lowest BCUT2D eigenvalue weighted by Crippen LogP contribution is -2.37. The minimum absolute atomic E-state index is 0.133. The topological polar surface area (TPSA) is 79.2 Å². The van der Waals surface area contributed by atoms with E-state index in [2.05, 4.69) is 4.98 Å². The number of carbonyl (C=O) groups excluding carboxylic acids is 2. The number of para-hydroxylation sites is 1. The van der Waals surface area contributed by atoms with E-state index in [1.807, 2.05) is 78.9 Å². The summed E-state index contributed by atoms with van der Waals surface area (Å²) in [5.74, 6) is -0.703. The van der Waals surface area contributed by atoms with Crippen LogP contribution in [0, 0.1) is 0 Å². The van der Waals surface area contributed by atoms with Crippen LogP contribution in [0.5, 0.6) is 0 Å². The molecule has 4 aromatic rings. The third kappa shape index (κ3) is 2.70. The lowest BCUT2D eigenvalue weighted by Gasteiger charge is -2.25. The first kappa shape index (κ1) is 17.3. The first-order valence-corrected chi connectivity index (χ1v) is 9.49. The third-order valence-electron chi connectivity index (χ3n) is 5.47. The Kier molecular flexibility index (Phi) is 3.95. The third-order valence-corrected chi connectivity index (χ3v) is 5.47. The highest BCUT2D eigenvalue weighted by atomic mass is 16.2. The molecule has 0 saturated carbocycles. The predicted molar refractivity (Wildman–Crippen MR) is 112 cm³/mol. The van der Waals surface area contributed by atoms with Gasteiger partial charge in [0.1, 0.15) is 6.54 Å². The maximum Gasteiger partial charge on any atom is 0.255 e. The summed E-state index contributed by atoms with van der Waals surface area (Å²) in [4.78, 5) is 30.0. The van der Waals surface area contributed by atoms with Gasteiger partial charge in [0.15, 0.2) is 0 Å². The lowest BCUT2D eigenvalue weighted by atomic mass is 9.93. The molecule has 5 nitrogen and oxygen atoms in total. The van der Waals surface area contributed by atoms with Gasteiger partial charge in [0, 0.05) is 22.0 Å². The SMILES string of the molecule is NC(=O)CN1C(=O)c2ccccc2C1c1c(-c2ccccc2)[nH]c2ccccc12. The van der Waals surface area contributed by atoms with Gasteiger partial charge in [-0.1, -0.05) is 66.7 Å². The van der Waals surface area contributed by atoms with E-state index < -0.39 is 11.9 Å². The van der Waals surface area contributed by atoms with Gasteiger partial charge in [0.2, 0.25) is 5.91 Å². The van der Waals surface area contributed by atoms with Gasteiger partial charge in [-0.25, -0.2) is 0 Å². The lowest BCUT2D eigenvalue weighted by molar-refractivity contribution is -0.118. The number of H-pyrrole nitrogens is 1. The maximum atomic E-state index is 13.1. The number of nitrogens with two attached hydrogens (primary N) is 1. The molecule has 5 heteroatoms. The van der Waals surface area contributed by atoms with Gasteiger partial charge in [0.05, 0.1) is 11.7 Å². The van der Waals surface area contributed by atoms with Crippen LogP contribution in [0.25, 0.3) is 22.2 Å². The molecular formula is C24H19N3O2. The van der Waals surface area contributed by atoms with E-state index in [0.29, 0.717) is 5.56 Å². The molecule has 0 fully saturated rings. The monoisotopic (exact) mass is 381 g/mol. The molecule has 1 aromatic heterocycles. The Balaban J connectivity index is 1.82. The van der Waals surface area contributed by atoms with E-state index in [0.717, 1.165) is 33.3 Å². The van der Waals surface area contributed by atoms with E-state index in [-0.39, 0.29) is 12.5 Å². The van der Waals surface area contributed by atoms with Crippen LogP contribution >= 0.6 is 0 Å². The molecule has 1 unspecified atom stereocenters. The highest BCUT2D eigenvalue weighted by Crippen LogP contribution is 2.45. The second kappa shape index (κ2) is 6.63. The Morgan fingerprint density at radius 2 is 1.62 bits per heavy atom. The van der Waals surface area contributed by atoms with Crippen LogP contribution in [0.3, 0.4) is 0 Å². The summed E-state index contributed by atoms with van der Waals surface area (Å²) >= 11 is 0. The number of nitrogens with zero attached hydrogens (tertiary/aromatic N) is 1. The van der Waals surface area contributed by atoms with E-state index in [4.69, 9.17) is 5.73 Å². The molecule has 0 saturated heterocycles. The number of amides is 2. The highest BCUT2D eigenvalue weighted by Gasteiger charge is 2.40. The second-order valence-corrected chi connectivity index (χ2v) is 7.21. The normalized spacial score (nSPS) is 15.7. The number of carbonyl (C=O) groups is 2. The van der Waals surface area contributed by atoms with Crippen LogP contribution in [0.2, 0.25) is 0 Å². The van der Waals surface area contributed by atoms with Crippen molar-refractivity contribution >= 4 is 22.7 Å². The Morgan fingerprint density at radius 1 is 0.931 bits per heavy atom. The number of fused-ring (bicyclic) bond motifs is 2. The highest BCUT2D eigenvalue weighted by molar-refractivity contribution is 6.03. The molecule has 29 heavy (non-hydrogen) atoms. The number of hydrogen-bond acceptors (Lipinski definition) is 2. The van der Waals surface area contributed by atoms with Crippen molar-refractivity contribution in [1.82, 2.24) is 9.88 Å². The number of rotatable bonds is 4. The summed E-state index contributed by atoms with van der Waals surface area (Å²) in [6, 6.07) is 25.2. The van der Waals surface area contributed by atoms with E-state index in [9.17, 15) is 9.59 Å². The van der Waals surface area contributed by atoms with Gasteiger partial charge >= 0.3 is 0 Å². The molecule has 142 valence electrons. The summed E-state index contributed by atoms with van der Waals surface area (Å²) in [7, 11) is 0. The minimum atomic E-state index is -0.530. The van der Waals surface area contributed by atoms with Crippen molar-refractivity contribution in [3.8, 4) is 11.3 Å². The van der Waals surface area contributed by atoms with Gasteiger partial charge in [-0.05, 0) is 23.3 Å². The van der Waals surface area contributed by atoms with Crippen molar-refractivity contribution < 1.29 is 9.59 Å². The van der Waals surface area contributed by atoms with Crippen LogP contribution in [-0.4, -0.2) is 28.2 Å². The van der Waals surface area contributed by atoms with Gasteiger partial charge in [0.25, 0.3) is 5.91 Å². The van der Waals surface area contributed by atoms with E-state index in [1.165, 1.54) is 0 Å². The van der Waals surface area contributed by atoms with Crippen LogP contribution < -0.4 is 5.73 Å². The number of nitrogens with one attached hydrogen (secondary N) is 1.